The predicted molar refractivity (Wildman–Crippen MR) is 88.6 cm³/mol. The van der Waals surface area contributed by atoms with Crippen LogP contribution in [0.25, 0.3) is 0 Å². The highest BCUT2D eigenvalue weighted by atomic mass is 32.1. The smallest absolute Gasteiger partial charge is 0.357 e. The summed E-state index contributed by atoms with van der Waals surface area (Å²) in [5.74, 6) is 0.706. The minimum Gasteiger partial charge on any atom is -0.461 e. The first-order valence-electron chi connectivity index (χ1n) is 7.59. The van der Waals surface area contributed by atoms with E-state index >= 15 is 0 Å². The summed E-state index contributed by atoms with van der Waals surface area (Å²) in [5, 5.41) is 2.63. The monoisotopic (exact) mass is 333 g/mol. The number of aryl methyl sites for hydroxylation is 1. The predicted octanol–water partition coefficient (Wildman–Crippen LogP) is 2.34. The number of nitrogen functional groups attached to an aromatic ring is 1. The Hall–Kier alpha value is -2.22. The van der Waals surface area contributed by atoms with Gasteiger partial charge in [0.15, 0.2) is 5.69 Å². The number of carbonyl (C=O) groups excluding carboxylic acids is 1. The van der Waals surface area contributed by atoms with E-state index in [2.05, 4.69) is 19.9 Å². The third kappa shape index (κ3) is 3.26. The van der Waals surface area contributed by atoms with E-state index in [1.54, 1.807) is 18.4 Å². The van der Waals surface area contributed by atoms with Crippen molar-refractivity contribution in [3.05, 3.63) is 27.8 Å². The molecule has 2 aromatic heterocycles. The van der Waals surface area contributed by atoms with Crippen molar-refractivity contribution in [3.63, 3.8) is 0 Å². The van der Waals surface area contributed by atoms with Crippen LogP contribution in [0.3, 0.4) is 0 Å². The first-order chi connectivity index (χ1) is 11.1. The number of hydrogen-bond donors (Lipinski definition) is 1. The quantitative estimate of drug-likeness (QED) is 0.858. The van der Waals surface area contributed by atoms with Gasteiger partial charge in [0.1, 0.15) is 10.8 Å². The number of hydrogen-bond acceptors (Lipinski definition) is 8. The maximum absolute atomic E-state index is 11.8. The van der Waals surface area contributed by atoms with Crippen LogP contribution < -0.4 is 10.6 Å². The molecule has 0 saturated carbocycles. The SMILES string of the molecule is CCOC(=O)c1csc(C2CCCN2c2nc(C)cc(N)n2)n1. The minimum atomic E-state index is -0.379. The largest absolute Gasteiger partial charge is 0.461 e. The van der Waals surface area contributed by atoms with Gasteiger partial charge in [-0.05, 0) is 26.7 Å². The van der Waals surface area contributed by atoms with Crippen LogP contribution in [-0.4, -0.2) is 34.1 Å². The Morgan fingerprint density at radius 2 is 2.30 bits per heavy atom. The number of thiazole rings is 1. The van der Waals surface area contributed by atoms with Crippen molar-refractivity contribution in [2.75, 3.05) is 23.8 Å². The van der Waals surface area contributed by atoms with E-state index in [0.29, 0.717) is 24.1 Å². The molecule has 0 spiro atoms. The zero-order chi connectivity index (χ0) is 16.4. The van der Waals surface area contributed by atoms with E-state index < -0.39 is 0 Å². The summed E-state index contributed by atoms with van der Waals surface area (Å²) in [4.78, 5) is 27.2. The average Bonchev–Trinajstić information content (AvgIpc) is 3.15. The van der Waals surface area contributed by atoms with Crippen LogP contribution in [0, 0.1) is 6.92 Å². The Morgan fingerprint density at radius 3 is 3.04 bits per heavy atom. The molecule has 1 aliphatic heterocycles. The number of carbonyl (C=O) groups is 1. The standard InChI is InChI=1S/C15H19N5O2S/c1-3-22-14(21)10-8-23-13(18-10)11-5-4-6-20(11)15-17-9(2)7-12(16)19-15/h7-8,11H,3-6H2,1-2H3,(H2,16,17,19). The average molecular weight is 333 g/mol. The molecule has 8 heteroatoms. The van der Waals surface area contributed by atoms with Gasteiger partial charge in [0, 0.05) is 23.7 Å². The number of anilines is 2. The van der Waals surface area contributed by atoms with Crippen molar-refractivity contribution in [2.24, 2.45) is 0 Å². The van der Waals surface area contributed by atoms with Gasteiger partial charge in [-0.25, -0.2) is 14.8 Å². The highest BCUT2D eigenvalue weighted by molar-refractivity contribution is 7.10. The second-order valence-corrected chi connectivity index (χ2v) is 6.27. The van der Waals surface area contributed by atoms with Gasteiger partial charge < -0.3 is 15.4 Å². The lowest BCUT2D eigenvalue weighted by Gasteiger charge is -2.23. The van der Waals surface area contributed by atoms with E-state index in [9.17, 15) is 4.79 Å². The molecule has 0 radical (unpaired) electrons. The third-order valence-corrected chi connectivity index (χ3v) is 4.61. The van der Waals surface area contributed by atoms with Crippen LogP contribution in [-0.2, 0) is 4.74 Å². The Morgan fingerprint density at radius 1 is 1.48 bits per heavy atom. The number of nitrogens with zero attached hydrogens (tertiary/aromatic N) is 4. The van der Waals surface area contributed by atoms with Gasteiger partial charge in [0.05, 0.1) is 12.6 Å². The van der Waals surface area contributed by atoms with Crippen molar-refractivity contribution < 1.29 is 9.53 Å². The van der Waals surface area contributed by atoms with E-state index in [-0.39, 0.29) is 12.0 Å². The summed E-state index contributed by atoms with van der Waals surface area (Å²) in [6, 6.07) is 1.82. The topological polar surface area (TPSA) is 94.2 Å². The summed E-state index contributed by atoms with van der Waals surface area (Å²) in [5.41, 5.74) is 7.04. The lowest BCUT2D eigenvalue weighted by molar-refractivity contribution is 0.0520. The molecule has 7 nitrogen and oxygen atoms in total. The normalized spacial score (nSPS) is 17.5. The van der Waals surface area contributed by atoms with Crippen LogP contribution in [0.4, 0.5) is 11.8 Å². The van der Waals surface area contributed by atoms with Gasteiger partial charge in [0.2, 0.25) is 5.95 Å². The highest BCUT2D eigenvalue weighted by Crippen LogP contribution is 2.36. The summed E-state index contributed by atoms with van der Waals surface area (Å²) >= 11 is 1.47. The van der Waals surface area contributed by atoms with E-state index in [0.717, 1.165) is 30.1 Å². The number of aromatic nitrogens is 3. The molecule has 3 heterocycles. The van der Waals surface area contributed by atoms with Crippen LogP contribution in [0.5, 0.6) is 0 Å². The molecule has 2 N–H and O–H groups in total. The zero-order valence-corrected chi connectivity index (χ0v) is 14.0. The summed E-state index contributed by atoms with van der Waals surface area (Å²) < 4.78 is 5.00. The molecule has 1 fully saturated rings. The van der Waals surface area contributed by atoms with Crippen molar-refractivity contribution in [1.29, 1.82) is 0 Å². The number of esters is 1. The Kier molecular flexibility index (Phi) is 4.42. The van der Waals surface area contributed by atoms with Crippen LogP contribution in [0.2, 0.25) is 0 Å². The summed E-state index contributed by atoms with van der Waals surface area (Å²) in [6.07, 6.45) is 1.98. The number of rotatable bonds is 4. The van der Waals surface area contributed by atoms with E-state index in [1.165, 1.54) is 11.3 Å². The third-order valence-electron chi connectivity index (χ3n) is 3.66. The van der Waals surface area contributed by atoms with Crippen LogP contribution in [0.15, 0.2) is 11.4 Å². The molecule has 0 aliphatic carbocycles. The molecule has 0 aromatic carbocycles. The molecule has 0 bridgehead atoms. The molecule has 2 aromatic rings. The van der Waals surface area contributed by atoms with E-state index in [4.69, 9.17) is 10.5 Å². The lowest BCUT2D eigenvalue weighted by atomic mass is 10.2. The Bertz CT molecular complexity index is 697. The fraction of sp³-hybridized carbons (Fsp3) is 0.467. The fourth-order valence-corrected chi connectivity index (χ4v) is 3.64. The van der Waals surface area contributed by atoms with Gasteiger partial charge in [-0.1, -0.05) is 0 Å². The Labute approximate surface area is 138 Å². The molecule has 122 valence electrons. The molecule has 1 atom stereocenters. The lowest BCUT2D eigenvalue weighted by Crippen LogP contribution is -2.25. The molecule has 3 rings (SSSR count). The second kappa shape index (κ2) is 6.49. The van der Waals surface area contributed by atoms with Gasteiger partial charge in [-0.15, -0.1) is 11.3 Å². The molecule has 23 heavy (non-hydrogen) atoms. The number of ether oxygens (including phenoxy) is 1. The van der Waals surface area contributed by atoms with Crippen molar-refractivity contribution >= 4 is 29.1 Å². The highest BCUT2D eigenvalue weighted by Gasteiger charge is 2.31. The van der Waals surface area contributed by atoms with Crippen molar-refractivity contribution in [1.82, 2.24) is 15.0 Å². The molecule has 1 unspecified atom stereocenters. The Balaban J connectivity index is 1.85. The maximum atomic E-state index is 11.8. The maximum Gasteiger partial charge on any atom is 0.357 e. The van der Waals surface area contributed by atoms with Gasteiger partial charge in [0.25, 0.3) is 0 Å². The van der Waals surface area contributed by atoms with Gasteiger partial charge in [-0.2, -0.15) is 4.98 Å². The first-order valence-corrected chi connectivity index (χ1v) is 8.46. The molecular formula is C15H19N5O2S. The molecule has 1 aliphatic rings. The summed E-state index contributed by atoms with van der Waals surface area (Å²) in [6.45, 7) is 4.87. The van der Waals surface area contributed by atoms with Gasteiger partial charge in [-0.3, -0.25) is 0 Å². The number of nitrogens with two attached hydrogens (primary N) is 1. The summed E-state index contributed by atoms with van der Waals surface area (Å²) in [7, 11) is 0. The second-order valence-electron chi connectivity index (χ2n) is 5.38. The van der Waals surface area contributed by atoms with Crippen LogP contribution in [0.1, 0.15) is 47.0 Å². The minimum absolute atomic E-state index is 0.0735. The molecule has 1 saturated heterocycles. The van der Waals surface area contributed by atoms with Crippen molar-refractivity contribution in [3.8, 4) is 0 Å². The zero-order valence-electron chi connectivity index (χ0n) is 13.2. The van der Waals surface area contributed by atoms with Gasteiger partial charge >= 0.3 is 5.97 Å². The van der Waals surface area contributed by atoms with E-state index in [1.807, 2.05) is 6.92 Å². The fourth-order valence-electron chi connectivity index (χ4n) is 2.71. The van der Waals surface area contributed by atoms with Crippen LogP contribution >= 0.6 is 11.3 Å². The first kappa shape index (κ1) is 15.7. The molecule has 0 amide bonds. The molecular weight excluding hydrogens is 314 g/mol. The van der Waals surface area contributed by atoms with Crippen molar-refractivity contribution in [2.45, 2.75) is 32.7 Å².